The second-order valence-electron chi connectivity index (χ2n) is 4.43. The Kier molecular flexibility index (Phi) is 5.41. The van der Waals surface area contributed by atoms with Gasteiger partial charge in [-0.15, -0.1) is 0 Å². The molecule has 3 atom stereocenters. The number of nitrogens with one attached hydrogen (secondary N) is 1. The minimum Gasteiger partial charge on any atom is -0.479 e. The topological polar surface area (TPSA) is 75.6 Å². The van der Waals surface area contributed by atoms with Gasteiger partial charge in [0.05, 0.1) is 0 Å². The lowest BCUT2D eigenvalue weighted by atomic mass is 10.1. The van der Waals surface area contributed by atoms with E-state index in [-0.39, 0.29) is 11.9 Å². The largest absolute Gasteiger partial charge is 0.479 e. The van der Waals surface area contributed by atoms with E-state index >= 15 is 0 Å². The number of carboxylic acid groups (broad SMARTS) is 1. The Morgan fingerprint density at radius 2 is 2.00 bits per heavy atom. The molecule has 1 rings (SSSR count). The molecule has 1 amide bonds. The summed E-state index contributed by atoms with van der Waals surface area (Å²) in [5.74, 6) is -1.16. The van der Waals surface area contributed by atoms with Crippen LogP contribution in [0.3, 0.4) is 0 Å². The van der Waals surface area contributed by atoms with Crippen LogP contribution in [0, 0.1) is 0 Å². The summed E-state index contributed by atoms with van der Waals surface area (Å²) in [6, 6.07) is 0.167. The molecule has 0 spiro atoms. The van der Waals surface area contributed by atoms with Crippen LogP contribution in [0.15, 0.2) is 0 Å². The molecule has 5 nitrogen and oxygen atoms in total. The molecule has 17 heavy (non-hydrogen) atoms. The number of rotatable bonds is 6. The molecule has 1 aliphatic rings. The molecular weight excluding hydrogens is 222 g/mol. The molecule has 3 unspecified atom stereocenters. The van der Waals surface area contributed by atoms with Gasteiger partial charge >= 0.3 is 5.97 Å². The number of carbonyl (C=O) groups is 2. The van der Waals surface area contributed by atoms with Gasteiger partial charge in [-0.25, -0.2) is 4.79 Å². The van der Waals surface area contributed by atoms with E-state index in [1.807, 2.05) is 6.92 Å². The number of hydrogen-bond acceptors (Lipinski definition) is 3. The van der Waals surface area contributed by atoms with Crippen LogP contribution in [0.4, 0.5) is 0 Å². The summed E-state index contributed by atoms with van der Waals surface area (Å²) in [5, 5.41) is 11.7. The van der Waals surface area contributed by atoms with Crippen molar-refractivity contribution < 1.29 is 19.4 Å². The molecule has 0 bridgehead atoms. The Morgan fingerprint density at radius 1 is 1.35 bits per heavy atom. The minimum atomic E-state index is -0.985. The molecule has 0 aromatic carbocycles. The van der Waals surface area contributed by atoms with Gasteiger partial charge in [0.1, 0.15) is 6.10 Å². The maximum atomic E-state index is 11.8. The van der Waals surface area contributed by atoms with Crippen LogP contribution in [0.5, 0.6) is 0 Å². The van der Waals surface area contributed by atoms with E-state index in [1.165, 1.54) is 0 Å². The van der Waals surface area contributed by atoms with Crippen molar-refractivity contribution in [1.29, 1.82) is 0 Å². The van der Waals surface area contributed by atoms with Crippen molar-refractivity contribution in [2.24, 2.45) is 0 Å². The molecule has 98 valence electrons. The van der Waals surface area contributed by atoms with E-state index in [0.717, 1.165) is 19.3 Å². The number of hydrogen-bond donors (Lipinski definition) is 2. The van der Waals surface area contributed by atoms with E-state index in [2.05, 4.69) is 12.2 Å². The number of carbonyl (C=O) groups excluding carboxylic acids is 1. The minimum absolute atomic E-state index is 0.167. The van der Waals surface area contributed by atoms with Gasteiger partial charge in [-0.3, -0.25) is 4.79 Å². The molecule has 0 saturated carbocycles. The van der Waals surface area contributed by atoms with Gasteiger partial charge in [0.25, 0.3) is 0 Å². The lowest BCUT2D eigenvalue weighted by Gasteiger charge is -2.18. The number of carboxylic acids is 1. The van der Waals surface area contributed by atoms with Crippen LogP contribution < -0.4 is 5.32 Å². The predicted molar refractivity (Wildman–Crippen MR) is 62.7 cm³/mol. The highest BCUT2D eigenvalue weighted by atomic mass is 16.5. The van der Waals surface area contributed by atoms with E-state index in [0.29, 0.717) is 12.8 Å². The fraction of sp³-hybridized carbons (Fsp3) is 0.833. The Morgan fingerprint density at radius 3 is 2.47 bits per heavy atom. The number of aliphatic carboxylic acids is 1. The SMILES string of the molecule is CCCC(CC)NC(=O)C1CCC(C(=O)O)O1. The average Bonchev–Trinajstić information content (AvgIpc) is 2.77. The van der Waals surface area contributed by atoms with E-state index in [1.54, 1.807) is 0 Å². The molecule has 1 aliphatic heterocycles. The summed E-state index contributed by atoms with van der Waals surface area (Å²) in [7, 11) is 0. The standard InChI is InChI=1S/C12H21NO4/c1-3-5-8(4-2)13-11(14)9-6-7-10(17-9)12(15)16/h8-10H,3-7H2,1-2H3,(H,13,14)(H,15,16). The average molecular weight is 243 g/mol. The van der Waals surface area contributed by atoms with Crippen molar-refractivity contribution in [2.75, 3.05) is 0 Å². The lowest BCUT2D eigenvalue weighted by molar-refractivity contribution is -0.151. The summed E-state index contributed by atoms with van der Waals surface area (Å²) in [6.45, 7) is 4.09. The van der Waals surface area contributed by atoms with Gasteiger partial charge in [0, 0.05) is 6.04 Å². The first-order valence-electron chi connectivity index (χ1n) is 6.27. The van der Waals surface area contributed by atoms with Gasteiger partial charge in [-0.1, -0.05) is 20.3 Å². The van der Waals surface area contributed by atoms with Crippen molar-refractivity contribution in [2.45, 2.75) is 64.2 Å². The third-order valence-electron chi connectivity index (χ3n) is 3.06. The predicted octanol–water partition coefficient (Wildman–Crippen LogP) is 1.31. The first kappa shape index (κ1) is 14.0. The zero-order valence-corrected chi connectivity index (χ0v) is 10.4. The fourth-order valence-corrected chi connectivity index (χ4v) is 2.03. The highest BCUT2D eigenvalue weighted by molar-refractivity contribution is 5.82. The molecule has 0 aliphatic carbocycles. The van der Waals surface area contributed by atoms with Gasteiger partial charge in [0.15, 0.2) is 6.10 Å². The molecule has 5 heteroatoms. The van der Waals surface area contributed by atoms with Crippen LogP contribution in [0.25, 0.3) is 0 Å². The summed E-state index contributed by atoms with van der Waals surface area (Å²) in [6.07, 6.45) is 2.33. The molecule has 1 saturated heterocycles. The number of amides is 1. The van der Waals surface area contributed by atoms with Crippen LogP contribution in [-0.2, 0) is 14.3 Å². The van der Waals surface area contributed by atoms with E-state index < -0.39 is 18.2 Å². The second kappa shape index (κ2) is 6.59. The Bertz CT molecular complexity index is 280. The smallest absolute Gasteiger partial charge is 0.332 e. The molecule has 0 aromatic rings. The first-order chi connectivity index (χ1) is 8.08. The second-order valence-corrected chi connectivity index (χ2v) is 4.43. The maximum Gasteiger partial charge on any atom is 0.332 e. The molecule has 0 radical (unpaired) electrons. The molecule has 2 N–H and O–H groups in total. The van der Waals surface area contributed by atoms with Crippen LogP contribution in [0.2, 0.25) is 0 Å². The summed E-state index contributed by atoms with van der Waals surface area (Å²) >= 11 is 0. The summed E-state index contributed by atoms with van der Waals surface area (Å²) in [5.41, 5.74) is 0. The van der Waals surface area contributed by atoms with Gasteiger partial charge in [-0.05, 0) is 25.7 Å². The van der Waals surface area contributed by atoms with Crippen LogP contribution in [-0.4, -0.2) is 35.2 Å². The van der Waals surface area contributed by atoms with Crippen LogP contribution >= 0.6 is 0 Å². The summed E-state index contributed by atoms with van der Waals surface area (Å²) < 4.78 is 5.20. The third kappa shape index (κ3) is 4.00. The summed E-state index contributed by atoms with van der Waals surface area (Å²) in [4.78, 5) is 22.5. The quantitative estimate of drug-likeness (QED) is 0.737. The molecule has 0 aromatic heterocycles. The monoisotopic (exact) mass is 243 g/mol. The van der Waals surface area contributed by atoms with Gasteiger partial charge in [-0.2, -0.15) is 0 Å². The highest BCUT2D eigenvalue weighted by Crippen LogP contribution is 2.20. The first-order valence-corrected chi connectivity index (χ1v) is 6.27. The van der Waals surface area contributed by atoms with Gasteiger partial charge < -0.3 is 15.2 Å². The van der Waals surface area contributed by atoms with Crippen molar-refractivity contribution in [1.82, 2.24) is 5.32 Å². The fourth-order valence-electron chi connectivity index (χ4n) is 2.03. The van der Waals surface area contributed by atoms with Crippen molar-refractivity contribution in [3.05, 3.63) is 0 Å². The maximum absolute atomic E-state index is 11.8. The zero-order valence-electron chi connectivity index (χ0n) is 10.4. The molecule has 1 heterocycles. The Labute approximate surface area is 102 Å². The third-order valence-corrected chi connectivity index (χ3v) is 3.06. The lowest BCUT2D eigenvalue weighted by Crippen LogP contribution is -2.41. The molecule has 1 fully saturated rings. The van der Waals surface area contributed by atoms with Crippen molar-refractivity contribution in [3.63, 3.8) is 0 Å². The zero-order chi connectivity index (χ0) is 12.8. The highest BCUT2D eigenvalue weighted by Gasteiger charge is 2.35. The van der Waals surface area contributed by atoms with E-state index in [4.69, 9.17) is 9.84 Å². The number of ether oxygens (including phenoxy) is 1. The van der Waals surface area contributed by atoms with Crippen LogP contribution in [0.1, 0.15) is 46.0 Å². The van der Waals surface area contributed by atoms with Crippen molar-refractivity contribution >= 4 is 11.9 Å². The Balaban J connectivity index is 2.41. The van der Waals surface area contributed by atoms with Gasteiger partial charge in [0.2, 0.25) is 5.91 Å². The Hall–Kier alpha value is -1.10. The van der Waals surface area contributed by atoms with E-state index in [9.17, 15) is 9.59 Å². The molecular formula is C12H21NO4. The normalized spacial score (nSPS) is 25.5. The van der Waals surface area contributed by atoms with Crippen molar-refractivity contribution in [3.8, 4) is 0 Å².